The normalized spacial score (nSPS) is 18.7. The first-order valence-electron chi connectivity index (χ1n) is 10.7. The molecule has 0 aromatic carbocycles. The van der Waals surface area contributed by atoms with Gasteiger partial charge in [0.1, 0.15) is 4.21 Å². The van der Waals surface area contributed by atoms with Crippen molar-refractivity contribution in [2.75, 3.05) is 43.1 Å². The van der Waals surface area contributed by atoms with E-state index in [1.807, 2.05) is 4.90 Å². The summed E-state index contributed by atoms with van der Waals surface area (Å²) < 4.78 is 54.2. The molecule has 0 radical (unpaired) electrons. The van der Waals surface area contributed by atoms with E-state index in [9.17, 15) is 21.9 Å². The Morgan fingerprint density at radius 1 is 1.21 bits per heavy atom. The Balaban J connectivity index is 1.96. The minimum atomic E-state index is -3.79. The molecule has 1 aliphatic heterocycles. The van der Waals surface area contributed by atoms with Crippen molar-refractivity contribution in [1.82, 2.24) is 18.6 Å². The molecule has 34 heavy (non-hydrogen) atoms. The van der Waals surface area contributed by atoms with Crippen molar-refractivity contribution < 1.29 is 21.9 Å². The van der Waals surface area contributed by atoms with E-state index in [4.69, 9.17) is 5.73 Å². The minimum Gasteiger partial charge on any atom is -0.391 e. The van der Waals surface area contributed by atoms with Crippen molar-refractivity contribution in [3.8, 4) is 0 Å². The number of hydrogen-bond donors (Lipinski definition) is 2. The predicted octanol–water partition coefficient (Wildman–Crippen LogP) is 0.897. The van der Waals surface area contributed by atoms with E-state index >= 15 is 0 Å². The van der Waals surface area contributed by atoms with Crippen molar-refractivity contribution in [2.45, 2.75) is 49.6 Å². The molecule has 1 aliphatic rings. The zero-order valence-corrected chi connectivity index (χ0v) is 22.4. The summed E-state index contributed by atoms with van der Waals surface area (Å²) in [5.74, 6) is 0.340. The average molecular weight is 533 g/mol. The quantitative estimate of drug-likeness (QED) is 0.505. The monoisotopic (exact) mass is 532 g/mol. The van der Waals surface area contributed by atoms with Gasteiger partial charge in [-0.15, -0.1) is 11.3 Å². The number of piperazine rings is 1. The molecule has 3 rings (SSSR count). The first-order chi connectivity index (χ1) is 15.6. The van der Waals surface area contributed by atoms with Gasteiger partial charge in [0.05, 0.1) is 22.9 Å². The van der Waals surface area contributed by atoms with Gasteiger partial charge >= 0.3 is 0 Å². The summed E-state index contributed by atoms with van der Waals surface area (Å²) >= 11 is 0.994. The van der Waals surface area contributed by atoms with Crippen LogP contribution in [0.2, 0.25) is 0 Å². The summed E-state index contributed by atoms with van der Waals surface area (Å²) in [6.45, 7) is 7.35. The Labute approximate surface area is 205 Å². The predicted molar refractivity (Wildman–Crippen MR) is 133 cm³/mol. The number of nitrogen functional groups attached to an aromatic ring is 1. The van der Waals surface area contributed by atoms with Crippen LogP contribution >= 0.6 is 11.3 Å². The molecule has 0 unspecified atom stereocenters. The van der Waals surface area contributed by atoms with Crippen LogP contribution in [0.15, 0.2) is 28.7 Å². The lowest BCUT2D eigenvalue weighted by Crippen LogP contribution is -2.59. The zero-order valence-electron chi connectivity index (χ0n) is 19.9. The number of nitrogens with two attached hydrogens (primary N) is 1. The van der Waals surface area contributed by atoms with Crippen molar-refractivity contribution in [2.24, 2.45) is 0 Å². The third kappa shape index (κ3) is 5.86. The highest BCUT2D eigenvalue weighted by atomic mass is 32.2. The Bertz CT molecular complexity index is 1210. The lowest BCUT2D eigenvalue weighted by Gasteiger charge is -2.42. The third-order valence-corrected chi connectivity index (χ3v) is 10.3. The molecule has 2 aromatic rings. The van der Waals surface area contributed by atoms with Gasteiger partial charge in [-0.2, -0.15) is 8.61 Å². The number of aliphatic hydroxyl groups is 1. The molecular formula is C20H32N6O5S3. The molecule has 14 heteroatoms. The molecule has 2 aromatic heterocycles. The summed E-state index contributed by atoms with van der Waals surface area (Å²) in [7, 11) is -7.34. The smallest absolute Gasteiger partial charge is 0.252 e. The molecule has 0 saturated carbocycles. The highest BCUT2D eigenvalue weighted by Crippen LogP contribution is 2.29. The molecule has 1 atom stereocenters. The Kier molecular flexibility index (Phi) is 7.60. The molecule has 3 heterocycles. The van der Waals surface area contributed by atoms with Gasteiger partial charge < -0.3 is 15.7 Å². The van der Waals surface area contributed by atoms with E-state index < -0.39 is 31.7 Å². The van der Waals surface area contributed by atoms with E-state index in [0.717, 1.165) is 17.6 Å². The van der Waals surface area contributed by atoms with Gasteiger partial charge in [-0.05, 0) is 39.8 Å². The standard InChI is InChI=1S/C20H32N6O5S3/c1-14(2)26(33(5,28)29)13-16-12-24(34(30,31)18-7-6-17(21)32-18)8-9-25(16)19-22-10-15(11-23-19)20(3,4)27/h6-7,10-11,14,16,27H,8-9,12-13,21H2,1-5H3/t16-/m1/s1. The molecular weight excluding hydrogens is 500 g/mol. The maximum Gasteiger partial charge on any atom is 0.252 e. The molecule has 11 nitrogen and oxygen atoms in total. The van der Waals surface area contributed by atoms with E-state index in [-0.39, 0.29) is 36.4 Å². The first kappa shape index (κ1) is 26.8. The Hall–Kier alpha value is -1.84. The average Bonchev–Trinajstić information content (AvgIpc) is 3.17. The first-order valence-corrected chi connectivity index (χ1v) is 14.8. The van der Waals surface area contributed by atoms with E-state index in [1.165, 1.54) is 27.1 Å². The highest BCUT2D eigenvalue weighted by Gasteiger charge is 2.38. The molecule has 190 valence electrons. The number of thiophene rings is 1. The van der Waals surface area contributed by atoms with Gasteiger partial charge in [0, 0.05) is 50.2 Å². The van der Waals surface area contributed by atoms with Crippen LogP contribution in [0, 0.1) is 0 Å². The number of anilines is 2. The lowest BCUT2D eigenvalue weighted by atomic mass is 10.0. The maximum absolute atomic E-state index is 13.2. The number of aromatic nitrogens is 2. The second-order valence-corrected chi connectivity index (χ2v) is 14.3. The van der Waals surface area contributed by atoms with Crippen LogP contribution in [-0.4, -0.2) is 85.0 Å². The molecule has 0 bridgehead atoms. The SMILES string of the molecule is CC(C)N(C[C@H]1CN(S(=O)(=O)c2ccc(N)s2)CCN1c1ncc(C(C)(C)O)cn1)S(C)(=O)=O. The summed E-state index contributed by atoms with van der Waals surface area (Å²) in [4.78, 5) is 10.6. The highest BCUT2D eigenvalue weighted by molar-refractivity contribution is 7.91. The van der Waals surface area contributed by atoms with Crippen LogP contribution in [0.3, 0.4) is 0 Å². The molecule has 3 N–H and O–H groups in total. The number of hydrogen-bond acceptors (Lipinski definition) is 10. The van der Waals surface area contributed by atoms with Crippen LogP contribution in [0.5, 0.6) is 0 Å². The van der Waals surface area contributed by atoms with Crippen molar-refractivity contribution in [1.29, 1.82) is 0 Å². The van der Waals surface area contributed by atoms with Gasteiger partial charge in [-0.25, -0.2) is 26.8 Å². The largest absolute Gasteiger partial charge is 0.391 e. The fourth-order valence-electron chi connectivity index (χ4n) is 3.79. The zero-order chi connectivity index (χ0) is 25.5. The molecule has 0 aliphatic carbocycles. The second-order valence-electron chi connectivity index (χ2n) is 9.12. The van der Waals surface area contributed by atoms with Crippen LogP contribution in [0.4, 0.5) is 10.9 Å². The lowest BCUT2D eigenvalue weighted by molar-refractivity contribution is 0.0778. The fourth-order valence-corrected chi connectivity index (χ4v) is 7.71. The fraction of sp³-hybridized carbons (Fsp3) is 0.600. The Morgan fingerprint density at radius 3 is 2.29 bits per heavy atom. The molecule has 1 fully saturated rings. The van der Waals surface area contributed by atoms with E-state index in [0.29, 0.717) is 16.5 Å². The molecule has 0 amide bonds. The summed E-state index contributed by atoms with van der Waals surface area (Å²) in [5.41, 5.74) is 5.16. The van der Waals surface area contributed by atoms with Crippen LogP contribution in [0.25, 0.3) is 0 Å². The van der Waals surface area contributed by atoms with Crippen LogP contribution in [0.1, 0.15) is 33.3 Å². The van der Waals surface area contributed by atoms with Gasteiger partial charge in [-0.3, -0.25) is 0 Å². The molecule has 0 spiro atoms. The van der Waals surface area contributed by atoms with Gasteiger partial charge in [0.25, 0.3) is 10.0 Å². The minimum absolute atomic E-state index is 0.0511. The van der Waals surface area contributed by atoms with Crippen molar-refractivity contribution in [3.63, 3.8) is 0 Å². The topological polar surface area (TPSA) is 150 Å². The number of sulfonamides is 2. The van der Waals surface area contributed by atoms with Gasteiger partial charge in [0.2, 0.25) is 16.0 Å². The van der Waals surface area contributed by atoms with E-state index in [1.54, 1.807) is 33.8 Å². The second kappa shape index (κ2) is 9.66. The summed E-state index contributed by atoms with van der Waals surface area (Å²) in [6.07, 6.45) is 4.18. The van der Waals surface area contributed by atoms with Crippen molar-refractivity contribution in [3.05, 3.63) is 30.1 Å². The molecule has 1 saturated heterocycles. The van der Waals surface area contributed by atoms with Gasteiger partial charge in [-0.1, -0.05) is 0 Å². The van der Waals surface area contributed by atoms with Crippen molar-refractivity contribution >= 4 is 42.3 Å². The maximum atomic E-state index is 13.2. The number of nitrogens with zero attached hydrogens (tertiary/aromatic N) is 5. The number of rotatable bonds is 8. The van der Waals surface area contributed by atoms with Gasteiger partial charge in [0.15, 0.2) is 0 Å². The summed E-state index contributed by atoms with van der Waals surface area (Å²) in [6, 6.07) is 2.17. The van der Waals surface area contributed by atoms with E-state index in [2.05, 4.69) is 9.97 Å². The van der Waals surface area contributed by atoms with Crippen LogP contribution in [-0.2, 0) is 25.6 Å². The van der Waals surface area contributed by atoms with Crippen LogP contribution < -0.4 is 10.6 Å². The Morgan fingerprint density at radius 2 is 1.82 bits per heavy atom. The summed E-state index contributed by atoms with van der Waals surface area (Å²) in [5, 5.41) is 10.6. The third-order valence-electron chi connectivity index (χ3n) is 5.64.